The number of aromatic nitrogens is 3. The van der Waals surface area contributed by atoms with E-state index in [9.17, 15) is 0 Å². The molecule has 0 unspecified atom stereocenters. The smallest absolute Gasteiger partial charge is 0.323 e. The number of rotatable bonds is 6. The molecule has 0 fully saturated rings. The first kappa shape index (κ1) is 14.3. The van der Waals surface area contributed by atoms with Crippen LogP contribution >= 0.6 is 11.6 Å². The monoisotopic (exact) mass is 293 g/mol. The predicted molar refractivity (Wildman–Crippen MR) is 78.8 cm³/mol. The predicted octanol–water partition coefficient (Wildman–Crippen LogP) is 2.51. The zero-order valence-electron chi connectivity index (χ0n) is 11.1. The summed E-state index contributed by atoms with van der Waals surface area (Å²) in [5, 5.41) is 3.77. The summed E-state index contributed by atoms with van der Waals surface area (Å²) < 4.78 is 5.34. The lowest BCUT2D eigenvalue weighted by Gasteiger charge is -2.08. The molecule has 2 aromatic rings. The second kappa shape index (κ2) is 6.91. The zero-order valence-corrected chi connectivity index (χ0v) is 11.9. The van der Waals surface area contributed by atoms with Gasteiger partial charge >= 0.3 is 6.01 Å². The maximum Gasteiger partial charge on any atom is 0.323 e. The Labute approximate surface area is 122 Å². The molecule has 6 nitrogen and oxygen atoms in total. The maximum atomic E-state index is 5.83. The summed E-state index contributed by atoms with van der Waals surface area (Å²) in [4.78, 5) is 12.1. The van der Waals surface area contributed by atoms with Crippen LogP contribution in [0, 0.1) is 0 Å². The van der Waals surface area contributed by atoms with Crippen LogP contribution in [0.4, 0.5) is 11.9 Å². The lowest BCUT2D eigenvalue weighted by Crippen LogP contribution is -2.09. The number of ether oxygens (including phenoxy) is 1. The third kappa shape index (κ3) is 4.24. The molecule has 106 valence electrons. The molecule has 1 aromatic heterocycles. The van der Waals surface area contributed by atoms with Crippen LogP contribution < -0.4 is 15.8 Å². The summed E-state index contributed by atoms with van der Waals surface area (Å²) in [7, 11) is 0. The van der Waals surface area contributed by atoms with E-state index in [2.05, 4.69) is 20.3 Å². The van der Waals surface area contributed by atoms with Crippen LogP contribution in [0.5, 0.6) is 6.01 Å². The van der Waals surface area contributed by atoms with Crippen LogP contribution in [0.3, 0.4) is 0 Å². The molecule has 0 saturated heterocycles. The highest BCUT2D eigenvalue weighted by Crippen LogP contribution is 2.12. The van der Waals surface area contributed by atoms with Crippen molar-refractivity contribution < 1.29 is 4.74 Å². The molecule has 0 atom stereocenters. The van der Waals surface area contributed by atoms with Gasteiger partial charge in [-0.1, -0.05) is 30.7 Å². The lowest BCUT2D eigenvalue weighted by atomic mass is 10.2. The Hall–Kier alpha value is -2.08. The van der Waals surface area contributed by atoms with E-state index in [1.165, 1.54) is 0 Å². The van der Waals surface area contributed by atoms with Gasteiger partial charge in [0.1, 0.15) is 0 Å². The molecule has 1 heterocycles. The lowest BCUT2D eigenvalue weighted by molar-refractivity contribution is 0.292. The number of nitrogen functional groups attached to an aromatic ring is 1. The van der Waals surface area contributed by atoms with Gasteiger partial charge in [0.25, 0.3) is 0 Å². The van der Waals surface area contributed by atoms with Crippen molar-refractivity contribution in [1.82, 2.24) is 15.0 Å². The van der Waals surface area contributed by atoms with Crippen molar-refractivity contribution in [1.29, 1.82) is 0 Å². The third-order valence-corrected chi connectivity index (χ3v) is 2.68. The summed E-state index contributed by atoms with van der Waals surface area (Å²) in [6, 6.07) is 7.74. The van der Waals surface area contributed by atoms with E-state index in [0.29, 0.717) is 24.1 Å². The van der Waals surface area contributed by atoms with Gasteiger partial charge in [0.15, 0.2) is 0 Å². The standard InChI is InChI=1S/C13H16ClN5O/c1-2-7-20-13-18-11(15)17-12(19-13)16-8-9-3-5-10(14)6-4-9/h3-6H,2,7-8H2,1H3,(H3,15,16,17,18,19). The van der Waals surface area contributed by atoms with Crippen LogP contribution in [0.2, 0.25) is 5.02 Å². The first-order chi connectivity index (χ1) is 9.67. The van der Waals surface area contributed by atoms with E-state index in [4.69, 9.17) is 22.1 Å². The van der Waals surface area contributed by atoms with E-state index in [-0.39, 0.29) is 12.0 Å². The van der Waals surface area contributed by atoms with Crippen molar-refractivity contribution in [3.05, 3.63) is 34.9 Å². The molecule has 0 aliphatic rings. The molecule has 7 heteroatoms. The van der Waals surface area contributed by atoms with Crippen molar-refractivity contribution in [3.8, 4) is 6.01 Å². The van der Waals surface area contributed by atoms with E-state index in [0.717, 1.165) is 12.0 Å². The van der Waals surface area contributed by atoms with Crippen molar-refractivity contribution in [3.63, 3.8) is 0 Å². The number of nitrogens with one attached hydrogen (secondary N) is 1. The number of hydrogen-bond acceptors (Lipinski definition) is 6. The summed E-state index contributed by atoms with van der Waals surface area (Å²) >= 11 is 5.83. The first-order valence-corrected chi connectivity index (χ1v) is 6.68. The van der Waals surface area contributed by atoms with Crippen LogP contribution in [-0.2, 0) is 6.54 Å². The number of nitrogens with two attached hydrogens (primary N) is 1. The van der Waals surface area contributed by atoms with E-state index >= 15 is 0 Å². The Kier molecular flexibility index (Phi) is 4.95. The largest absolute Gasteiger partial charge is 0.463 e. The molecule has 3 N–H and O–H groups in total. The highest BCUT2D eigenvalue weighted by Gasteiger charge is 2.05. The SMILES string of the molecule is CCCOc1nc(N)nc(NCc2ccc(Cl)cc2)n1. The fourth-order valence-electron chi connectivity index (χ4n) is 1.49. The molecular weight excluding hydrogens is 278 g/mol. The van der Waals surface area contributed by atoms with Crippen molar-refractivity contribution >= 4 is 23.5 Å². The Morgan fingerprint density at radius 2 is 1.95 bits per heavy atom. The number of halogens is 1. The van der Waals surface area contributed by atoms with E-state index < -0.39 is 0 Å². The van der Waals surface area contributed by atoms with Crippen LogP contribution in [0.25, 0.3) is 0 Å². The number of hydrogen-bond donors (Lipinski definition) is 2. The van der Waals surface area contributed by atoms with Gasteiger partial charge < -0.3 is 15.8 Å². The minimum atomic E-state index is 0.129. The zero-order chi connectivity index (χ0) is 14.4. The van der Waals surface area contributed by atoms with Gasteiger partial charge in [0.2, 0.25) is 11.9 Å². The highest BCUT2D eigenvalue weighted by atomic mass is 35.5. The Morgan fingerprint density at radius 3 is 2.65 bits per heavy atom. The molecule has 0 saturated carbocycles. The molecule has 0 amide bonds. The second-order valence-corrected chi connectivity index (χ2v) is 4.56. The van der Waals surface area contributed by atoms with Gasteiger partial charge in [-0.25, -0.2) is 0 Å². The summed E-state index contributed by atoms with van der Waals surface area (Å²) in [6.45, 7) is 3.11. The molecule has 0 aliphatic heterocycles. The third-order valence-electron chi connectivity index (χ3n) is 2.43. The molecule has 0 bridgehead atoms. The Balaban J connectivity index is 2.01. The summed E-state index contributed by atoms with van der Waals surface area (Å²) in [5.74, 6) is 0.517. The van der Waals surface area contributed by atoms with E-state index in [1.807, 2.05) is 31.2 Å². The first-order valence-electron chi connectivity index (χ1n) is 6.30. The molecule has 1 aromatic carbocycles. The van der Waals surface area contributed by atoms with Gasteiger partial charge in [-0.3, -0.25) is 0 Å². The molecule has 0 aliphatic carbocycles. The van der Waals surface area contributed by atoms with Crippen LogP contribution in [0.15, 0.2) is 24.3 Å². The number of nitrogens with zero attached hydrogens (tertiary/aromatic N) is 3. The normalized spacial score (nSPS) is 10.3. The van der Waals surface area contributed by atoms with Gasteiger partial charge in [-0.2, -0.15) is 15.0 Å². The van der Waals surface area contributed by atoms with Crippen molar-refractivity contribution in [2.24, 2.45) is 0 Å². The Bertz CT molecular complexity index is 561. The minimum absolute atomic E-state index is 0.129. The molecule has 0 spiro atoms. The molecule has 2 rings (SSSR count). The quantitative estimate of drug-likeness (QED) is 0.851. The average Bonchev–Trinajstić information content (AvgIpc) is 2.44. The van der Waals surface area contributed by atoms with Crippen molar-refractivity contribution in [2.45, 2.75) is 19.9 Å². The second-order valence-electron chi connectivity index (χ2n) is 4.13. The van der Waals surface area contributed by atoms with Crippen molar-refractivity contribution in [2.75, 3.05) is 17.7 Å². The Morgan fingerprint density at radius 1 is 1.20 bits per heavy atom. The van der Waals surface area contributed by atoms with Gasteiger partial charge in [0, 0.05) is 11.6 Å². The molecule has 20 heavy (non-hydrogen) atoms. The maximum absolute atomic E-state index is 5.83. The average molecular weight is 294 g/mol. The minimum Gasteiger partial charge on any atom is -0.463 e. The molecular formula is C13H16ClN5O. The topological polar surface area (TPSA) is 86.0 Å². The summed E-state index contributed by atoms with van der Waals surface area (Å²) in [6.07, 6.45) is 0.874. The van der Waals surface area contributed by atoms with Crippen LogP contribution in [-0.4, -0.2) is 21.6 Å². The number of benzene rings is 1. The molecule has 0 radical (unpaired) electrons. The fraction of sp³-hybridized carbons (Fsp3) is 0.308. The number of anilines is 2. The van der Waals surface area contributed by atoms with Crippen LogP contribution in [0.1, 0.15) is 18.9 Å². The van der Waals surface area contributed by atoms with Gasteiger partial charge in [-0.05, 0) is 24.1 Å². The van der Waals surface area contributed by atoms with Gasteiger partial charge in [-0.15, -0.1) is 0 Å². The van der Waals surface area contributed by atoms with E-state index in [1.54, 1.807) is 0 Å². The highest BCUT2D eigenvalue weighted by molar-refractivity contribution is 6.30. The summed E-state index contributed by atoms with van der Waals surface area (Å²) in [5.41, 5.74) is 6.68. The fourth-order valence-corrected chi connectivity index (χ4v) is 1.62. The van der Waals surface area contributed by atoms with Gasteiger partial charge in [0.05, 0.1) is 6.61 Å².